The molecule has 1 heteroatoms. The van der Waals surface area contributed by atoms with Crippen molar-refractivity contribution in [2.24, 2.45) is 5.92 Å². The maximum absolute atomic E-state index is 3.48. The third-order valence-electron chi connectivity index (χ3n) is 2.68. The molecule has 1 aromatic rings. The van der Waals surface area contributed by atoms with E-state index < -0.39 is 0 Å². The predicted octanol–water partition coefficient (Wildman–Crippen LogP) is 1.74. The molecule has 1 aliphatic rings. The fraction of sp³-hybridized carbons (Fsp3) is 0.500. The summed E-state index contributed by atoms with van der Waals surface area (Å²) in [7, 11) is 0. The standard InChI is InChI=1S/C12H17N/c1-8(2)11-7-10-5-4-9(3)6-12(10)13-11/h5-9,13H,4H2,1-3H3. The molecule has 1 heterocycles. The molecule has 70 valence electrons. The number of aromatic amines is 1. The molecule has 1 nitrogen and oxygen atoms in total. The first-order valence-corrected chi connectivity index (χ1v) is 5.08. The maximum Gasteiger partial charge on any atom is 0.0415 e. The highest BCUT2D eigenvalue weighted by Crippen LogP contribution is 2.10. The third-order valence-corrected chi connectivity index (χ3v) is 2.68. The molecule has 0 saturated heterocycles. The van der Waals surface area contributed by atoms with Crippen LogP contribution < -0.4 is 10.6 Å². The molecule has 0 bridgehead atoms. The van der Waals surface area contributed by atoms with E-state index in [1.165, 1.54) is 22.7 Å². The van der Waals surface area contributed by atoms with Gasteiger partial charge in [0.2, 0.25) is 0 Å². The molecular formula is C12H17N. The van der Waals surface area contributed by atoms with Crippen molar-refractivity contribution in [2.75, 3.05) is 0 Å². The van der Waals surface area contributed by atoms with Crippen LogP contribution in [0.3, 0.4) is 0 Å². The van der Waals surface area contributed by atoms with E-state index in [0.29, 0.717) is 11.8 Å². The first-order valence-electron chi connectivity index (χ1n) is 5.08. The Hall–Kier alpha value is -0.980. The summed E-state index contributed by atoms with van der Waals surface area (Å²) >= 11 is 0. The summed E-state index contributed by atoms with van der Waals surface area (Å²) in [5.41, 5.74) is 1.35. The number of H-pyrrole nitrogens is 1. The minimum atomic E-state index is 0.600. The van der Waals surface area contributed by atoms with Gasteiger partial charge in [-0.15, -0.1) is 0 Å². The van der Waals surface area contributed by atoms with Gasteiger partial charge in [0.05, 0.1) is 0 Å². The van der Waals surface area contributed by atoms with E-state index in [-0.39, 0.29) is 0 Å². The summed E-state index contributed by atoms with van der Waals surface area (Å²) in [5.74, 6) is 1.29. The van der Waals surface area contributed by atoms with Gasteiger partial charge in [-0.1, -0.05) is 32.9 Å². The molecule has 1 aliphatic carbocycles. The van der Waals surface area contributed by atoms with Crippen molar-refractivity contribution in [1.29, 1.82) is 0 Å². The van der Waals surface area contributed by atoms with Gasteiger partial charge in [-0.05, 0) is 29.5 Å². The molecule has 0 spiro atoms. The Balaban J connectivity index is 2.57. The zero-order valence-corrected chi connectivity index (χ0v) is 8.59. The summed E-state index contributed by atoms with van der Waals surface area (Å²) in [6.07, 6.45) is 5.85. The van der Waals surface area contributed by atoms with E-state index in [0.717, 1.165) is 0 Å². The van der Waals surface area contributed by atoms with Gasteiger partial charge < -0.3 is 4.98 Å². The number of rotatable bonds is 1. The highest BCUT2D eigenvalue weighted by molar-refractivity contribution is 5.39. The molecule has 2 rings (SSSR count). The van der Waals surface area contributed by atoms with Crippen LogP contribution in [0, 0.1) is 5.92 Å². The smallest absolute Gasteiger partial charge is 0.0415 e. The monoisotopic (exact) mass is 175 g/mol. The van der Waals surface area contributed by atoms with E-state index >= 15 is 0 Å². The normalized spacial score (nSPS) is 20.8. The first kappa shape index (κ1) is 8.61. The van der Waals surface area contributed by atoms with Crippen LogP contribution >= 0.6 is 0 Å². The van der Waals surface area contributed by atoms with Crippen LogP contribution in [0.1, 0.15) is 38.8 Å². The highest BCUT2D eigenvalue weighted by atomic mass is 14.7. The van der Waals surface area contributed by atoms with Crippen molar-refractivity contribution in [2.45, 2.75) is 33.1 Å². The zero-order chi connectivity index (χ0) is 9.42. The van der Waals surface area contributed by atoms with Crippen molar-refractivity contribution in [3.05, 3.63) is 22.3 Å². The second-order valence-electron chi connectivity index (χ2n) is 4.33. The van der Waals surface area contributed by atoms with Gasteiger partial charge in [0.25, 0.3) is 0 Å². The van der Waals surface area contributed by atoms with Gasteiger partial charge in [-0.25, -0.2) is 0 Å². The molecule has 0 radical (unpaired) electrons. The van der Waals surface area contributed by atoms with Gasteiger partial charge in [-0.3, -0.25) is 0 Å². The third kappa shape index (κ3) is 1.55. The summed E-state index contributed by atoms with van der Waals surface area (Å²) in [6.45, 7) is 6.71. The lowest BCUT2D eigenvalue weighted by molar-refractivity contribution is 0.793. The topological polar surface area (TPSA) is 15.8 Å². The minimum absolute atomic E-state index is 0.600. The number of hydrogen-bond donors (Lipinski definition) is 1. The van der Waals surface area contributed by atoms with E-state index in [9.17, 15) is 0 Å². The highest BCUT2D eigenvalue weighted by Gasteiger charge is 2.06. The van der Waals surface area contributed by atoms with Crippen LogP contribution in [-0.2, 0) is 0 Å². The van der Waals surface area contributed by atoms with Crippen LogP contribution in [0.2, 0.25) is 0 Å². The molecule has 0 fully saturated rings. The van der Waals surface area contributed by atoms with Crippen molar-refractivity contribution < 1.29 is 0 Å². The fourth-order valence-corrected chi connectivity index (χ4v) is 1.79. The Labute approximate surface area is 79.2 Å². The van der Waals surface area contributed by atoms with Crippen LogP contribution in [-0.4, -0.2) is 4.98 Å². The van der Waals surface area contributed by atoms with E-state index in [4.69, 9.17) is 0 Å². The van der Waals surface area contributed by atoms with Crippen LogP contribution in [0.15, 0.2) is 6.07 Å². The summed E-state index contributed by atoms with van der Waals surface area (Å²) in [4.78, 5) is 3.48. The lowest BCUT2D eigenvalue weighted by Crippen LogP contribution is -2.26. The van der Waals surface area contributed by atoms with Crippen LogP contribution in [0.4, 0.5) is 0 Å². The van der Waals surface area contributed by atoms with E-state index in [1.54, 1.807) is 0 Å². The van der Waals surface area contributed by atoms with Gasteiger partial charge in [0, 0.05) is 11.0 Å². The molecule has 1 atom stereocenters. The van der Waals surface area contributed by atoms with Crippen molar-refractivity contribution in [1.82, 2.24) is 4.98 Å². The molecule has 0 aromatic carbocycles. The molecule has 13 heavy (non-hydrogen) atoms. The Morgan fingerprint density at radius 3 is 2.92 bits per heavy atom. The van der Waals surface area contributed by atoms with E-state index in [2.05, 4.69) is 44.0 Å². The van der Waals surface area contributed by atoms with Crippen LogP contribution in [0.5, 0.6) is 0 Å². The molecule has 1 N–H and O–H groups in total. The Bertz CT molecular complexity index is 409. The SMILES string of the molecule is CC1C=c2[nH]c(C(C)C)cc2=CC1. The largest absolute Gasteiger partial charge is 0.358 e. The Morgan fingerprint density at radius 1 is 1.46 bits per heavy atom. The van der Waals surface area contributed by atoms with Crippen molar-refractivity contribution in [3.8, 4) is 0 Å². The predicted molar refractivity (Wildman–Crippen MR) is 56.8 cm³/mol. The molecule has 1 aromatic heterocycles. The second kappa shape index (κ2) is 3.06. The molecule has 0 amide bonds. The number of aromatic nitrogens is 1. The average Bonchev–Trinajstić information content (AvgIpc) is 2.46. The van der Waals surface area contributed by atoms with Crippen LogP contribution in [0.25, 0.3) is 12.2 Å². The Morgan fingerprint density at radius 2 is 2.23 bits per heavy atom. The number of nitrogens with one attached hydrogen (secondary N) is 1. The van der Waals surface area contributed by atoms with Crippen molar-refractivity contribution >= 4 is 12.2 Å². The number of fused-ring (bicyclic) bond motifs is 1. The fourth-order valence-electron chi connectivity index (χ4n) is 1.79. The Kier molecular flexibility index (Phi) is 2.03. The zero-order valence-electron chi connectivity index (χ0n) is 8.59. The minimum Gasteiger partial charge on any atom is -0.358 e. The van der Waals surface area contributed by atoms with E-state index in [1.807, 2.05) is 0 Å². The van der Waals surface area contributed by atoms with Crippen molar-refractivity contribution in [3.63, 3.8) is 0 Å². The number of hydrogen-bond acceptors (Lipinski definition) is 0. The quantitative estimate of drug-likeness (QED) is 0.669. The van der Waals surface area contributed by atoms with Gasteiger partial charge in [-0.2, -0.15) is 0 Å². The van der Waals surface area contributed by atoms with Gasteiger partial charge in [0.1, 0.15) is 0 Å². The lowest BCUT2D eigenvalue weighted by atomic mass is 10.0. The maximum atomic E-state index is 3.48. The summed E-state index contributed by atoms with van der Waals surface area (Å²) in [6, 6.07) is 2.28. The molecule has 1 unspecified atom stereocenters. The first-order chi connectivity index (χ1) is 6.16. The average molecular weight is 175 g/mol. The molecule has 0 aliphatic heterocycles. The summed E-state index contributed by atoms with van der Waals surface area (Å²) < 4.78 is 0. The summed E-state index contributed by atoms with van der Waals surface area (Å²) in [5, 5.41) is 2.71. The molecular weight excluding hydrogens is 158 g/mol. The molecule has 0 saturated carbocycles. The van der Waals surface area contributed by atoms with Gasteiger partial charge >= 0.3 is 0 Å². The van der Waals surface area contributed by atoms with Gasteiger partial charge in [0.15, 0.2) is 0 Å². The second-order valence-corrected chi connectivity index (χ2v) is 4.33. The lowest BCUT2D eigenvalue weighted by Gasteiger charge is -2.03.